The van der Waals surface area contributed by atoms with Gasteiger partial charge in [-0.25, -0.2) is 24.0 Å². The number of rotatable bonds is 10. The number of carbonyl (C=O) groups excluding carboxylic acids is 5. The SMILES string of the molecule is CC1(C)OC(=O)C(=CNc2ccc(CCOC(=O)/C=C/c3ccc(C4CCCCC4)cc3)c(NC=C3C(=O)OC(C)(C)OC3=O)c2)C(=O)O1. The average Bonchev–Trinajstić information content (AvgIpc) is 3.03. The van der Waals surface area contributed by atoms with Crippen LogP contribution in [0.1, 0.15) is 82.4 Å². The van der Waals surface area contributed by atoms with E-state index < -0.39 is 41.4 Å². The fourth-order valence-corrected chi connectivity index (χ4v) is 5.67. The molecule has 12 nitrogen and oxygen atoms in total. The molecule has 12 heteroatoms. The van der Waals surface area contributed by atoms with Crippen LogP contribution in [-0.4, -0.2) is 48.0 Å². The zero-order valence-corrected chi connectivity index (χ0v) is 28.0. The third kappa shape index (κ3) is 9.37. The number of hydrogen-bond donors (Lipinski definition) is 2. The lowest BCUT2D eigenvalue weighted by molar-refractivity contribution is -0.224. The number of nitrogens with one attached hydrogen (secondary N) is 2. The lowest BCUT2D eigenvalue weighted by atomic mass is 9.84. The molecule has 0 spiro atoms. The van der Waals surface area contributed by atoms with E-state index in [9.17, 15) is 24.0 Å². The van der Waals surface area contributed by atoms with Crippen molar-refractivity contribution in [3.8, 4) is 0 Å². The Kier molecular flexibility index (Phi) is 10.5. The highest BCUT2D eigenvalue weighted by Crippen LogP contribution is 2.33. The molecule has 0 aromatic heterocycles. The van der Waals surface area contributed by atoms with Gasteiger partial charge in [0.15, 0.2) is 11.1 Å². The van der Waals surface area contributed by atoms with Gasteiger partial charge in [-0.15, -0.1) is 0 Å². The molecule has 0 atom stereocenters. The highest BCUT2D eigenvalue weighted by molar-refractivity contribution is 6.16. The smallest absolute Gasteiger partial charge is 0.350 e. The van der Waals surface area contributed by atoms with Crippen molar-refractivity contribution in [1.29, 1.82) is 0 Å². The molecule has 258 valence electrons. The summed E-state index contributed by atoms with van der Waals surface area (Å²) >= 11 is 0. The Hall–Kier alpha value is -5.39. The van der Waals surface area contributed by atoms with E-state index in [1.54, 1.807) is 24.3 Å². The van der Waals surface area contributed by atoms with Gasteiger partial charge >= 0.3 is 29.8 Å². The molecule has 0 unspecified atom stereocenters. The van der Waals surface area contributed by atoms with Crippen LogP contribution in [0, 0.1) is 0 Å². The fourth-order valence-electron chi connectivity index (χ4n) is 5.67. The van der Waals surface area contributed by atoms with Crippen LogP contribution in [0.2, 0.25) is 0 Å². The molecule has 2 saturated heterocycles. The molecule has 5 rings (SSSR count). The topological polar surface area (TPSA) is 156 Å². The molecule has 2 aliphatic heterocycles. The Morgan fingerprint density at radius 3 is 1.90 bits per heavy atom. The molecular weight excluding hydrogens is 632 g/mol. The summed E-state index contributed by atoms with van der Waals surface area (Å²) in [5, 5.41) is 5.79. The number of ether oxygens (including phenoxy) is 5. The lowest BCUT2D eigenvalue weighted by Gasteiger charge is -2.29. The molecule has 49 heavy (non-hydrogen) atoms. The van der Waals surface area contributed by atoms with Crippen LogP contribution in [0.25, 0.3) is 6.08 Å². The first-order valence-corrected chi connectivity index (χ1v) is 16.2. The van der Waals surface area contributed by atoms with E-state index in [-0.39, 0.29) is 24.2 Å². The third-order valence-corrected chi connectivity index (χ3v) is 8.14. The van der Waals surface area contributed by atoms with Crippen molar-refractivity contribution in [1.82, 2.24) is 0 Å². The van der Waals surface area contributed by atoms with E-state index in [0.717, 1.165) is 18.0 Å². The molecule has 3 aliphatic rings. The van der Waals surface area contributed by atoms with Crippen LogP contribution in [0.4, 0.5) is 11.4 Å². The van der Waals surface area contributed by atoms with Crippen molar-refractivity contribution in [3.63, 3.8) is 0 Å². The van der Waals surface area contributed by atoms with Gasteiger partial charge in [-0.1, -0.05) is 49.6 Å². The molecule has 3 fully saturated rings. The van der Waals surface area contributed by atoms with Gasteiger partial charge < -0.3 is 34.3 Å². The fraction of sp³-hybridized carbons (Fsp3) is 0.378. The molecule has 2 aromatic carbocycles. The van der Waals surface area contributed by atoms with Crippen LogP contribution in [0.15, 0.2) is 72.1 Å². The van der Waals surface area contributed by atoms with Gasteiger partial charge in [0.2, 0.25) is 0 Å². The lowest BCUT2D eigenvalue weighted by Crippen LogP contribution is -2.42. The van der Waals surface area contributed by atoms with E-state index in [2.05, 4.69) is 22.8 Å². The maximum atomic E-state index is 12.5. The number of carbonyl (C=O) groups is 5. The van der Waals surface area contributed by atoms with Gasteiger partial charge in [-0.05, 0) is 53.7 Å². The van der Waals surface area contributed by atoms with E-state index in [0.29, 0.717) is 22.9 Å². The monoisotopic (exact) mass is 672 g/mol. The Morgan fingerprint density at radius 1 is 0.776 bits per heavy atom. The second-order valence-electron chi connectivity index (χ2n) is 12.9. The Bertz CT molecular complexity index is 1670. The largest absolute Gasteiger partial charge is 0.462 e. The van der Waals surface area contributed by atoms with Crippen molar-refractivity contribution in [2.75, 3.05) is 17.2 Å². The van der Waals surface area contributed by atoms with Crippen LogP contribution >= 0.6 is 0 Å². The summed E-state index contributed by atoms with van der Waals surface area (Å²) in [5.74, 6) is -6.12. The van der Waals surface area contributed by atoms with Crippen LogP contribution in [0.3, 0.4) is 0 Å². The van der Waals surface area contributed by atoms with Crippen molar-refractivity contribution in [3.05, 3.63) is 88.8 Å². The minimum Gasteiger partial charge on any atom is -0.462 e. The van der Waals surface area contributed by atoms with Crippen molar-refractivity contribution < 1.29 is 47.7 Å². The molecule has 2 N–H and O–H groups in total. The Labute approximate surface area is 284 Å². The first-order valence-electron chi connectivity index (χ1n) is 16.2. The standard InChI is InChI=1S/C37H40N2O10/c1-36(2)46-32(41)28(33(42)47-36)21-38-27-16-15-26(30(20-27)39-22-29-34(43)48-37(3,4)49-35(29)44)18-19-45-31(40)17-12-23-10-13-25(14-11-23)24-8-6-5-7-9-24/h10-17,20-22,24,38-39H,5-9,18-19H2,1-4H3/b17-12+. The maximum Gasteiger partial charge on any atom is 0.350 e. The zero-order chi connectivity index (χ0) is 35.2. The third-order valence-electron chi connectivity index (χ3n) is 8.14. The molecule has 0 radical (unpaired) electrons. The summed E-state index contributed by atoms with van der Waals surface area (Å²) < 4.78 is 26.0. The number of anilines is 2. The van der Waals surface area contributed by atoms with Gasteiger partial charge in [0, 0.05) is 64.0 Å². The van der Waals surface area contributed by atoms with Crippen molar-refractivity contribution in [2.24, 2.45) is 0 Å². The zero-order valence-electron chi connectivity index (χ0n) is 28.0. The highest BCUT2D eigenvalue weighted by atomic mass is 16.7. The summed E-state index contributed by atoms with van der Waals surface area (Å²) in [5.41, 5.74) is 3.03. The predicted molar refractivity (Wildman–Crippen MR) is 178 cm³/mol. The summed E-state index contributed by atoms with van der Waals surface area (Å²) in [7, 11) is 0. The van der Waals surface area contributed by atoms with Gasteiger partial charge in [0.1, 0.15) is 0 Å². The summed E-state index contributed by atoms with van der Waals surface area (Å²) in [6, 6.07) is 13.2. The number of esters is 5. The first-order chi connectivity index (χ1) is 23.3. The molecule has 2 heterocycles. The Morgan fingerprint density at radius 2 is 1.33 bits per heavy atom. The quantitative estimate of drug-likeness (QED) is 0.136. The normalized spacial score (nSPS) is 18.9. The molecule has 2 aromatic rings. The summed E-state index contributed by atoms with van der Waals surface area (Å²) in [6.07, 6.45) is 11.9. The molecule has 0 bridgehead atoms. The van der Waals surface area contributed by atoms with E-state index >= 15 is 0 Å². The van der Waals surface area contributed by atoms with E-state index in [1.165, 1.54) is 71.4 Å². The maximum absolute atomic E-state index is 12.5. The predicted octanol–water partition coefficient (Wildman–Crippen LogP) is 5.80. The average molecular weight is 673 g/mol. The van der Waals surface area contributed by atoms with E-state index in [4.69, 9.17) is 23.7 Å². The van der Waals surface area contributed by atoms with Gasteiger partial charge in [-0.2, -0.15) is 0 Å². The molecule has 1 saturated carbocycles. The van der Waals surface area contributed by atoms with E-state index in [1.807, 2.05) is 12.1 Å². The van der Waals surface area contributed by atoms with Crippen LogP contribution in [0.5, 0.6) is 0 Å². The molecular formula is C37H40N2O10. The van der Waals surface area contributed by atoms with Gasteiger partial charge in [0.25, 0.3) is 11.6 Å². The van der Waals surface area contributed by atoms with Crippen LogP contribution < -0.4 is 10.6 Å². The van der Waals surface area contributed by atoms with Crippen LogP contribution in [-0.2, 0) is 54.1 Å². The minimum absolute atomic E-state index is 0.0254. The number of cyclic esters (lactones) is 4. The Balaban J connectivity index is 1.25. The second kappa shape index (κ2) is 14.8. The summed E-state index contributed by atoms with van der Waals surface area (Å²) in [4.78, 5) is 62.1. The summed E-state index contributed by atoms with van der Waals surface area (Å²) in [6.45, 7) is 5.80. The van der Waals surface area contributed by atoms with Gasteiger partial charge in [-0.3, -0.25) is 0 Å². The highest BCUT2D eigenvalue weighted by Gasteiger charge is 2.40. The number of hydrogen-bond acceptors (Lipinski definition) is 12. The second-order valence-corrected chi connectivity index (χ2v) is 12.9. The van der Waals surface area contributed by atoms with Crippen molar-refractivity contribution >= 4 is 47.3 Å². The number of benzene rings is 2. The van der Waals surface area contributed by atoms with Gasteiger partial charge in [0.05, 0.1) is 6.61 Å². The minimum atomic E-state index is -1.40. The molecule has 1 aliphatic carbocycles. The van der Waals surface area contributed by atoms with Crippen molar-refractivity contribution in [2.45, 2.75) is 83.7 Å². The first kappa shape index (κ1) is 34.9. The molecule has 0 amide bonds.